The lowest BCUT2D eigenvalue weighted by Crippen LogP contribution is -2.31. The molecule has 2 unspecified atom stereocenters. The highest BCUT2D eigenvalue weighted by Gasteiger charge is 2.26. The molecule has 0 spiro atoms. The average molecular weight is 297 g/mol. The molecule has 1 aromatic carbocycles. The Morgan fingerprint density at radius 3 is 2.45 bits per heavy atom. The molecule has 1 fully saturated rings. The molecule has 114 valence electrons. The van der Waals surface area contributed by atoms with E-state index in [4.69, 9.17) is 0 Å². The van der Waals surface area contributed by atoms with Crippen molar-refractivity contribution in [3.63, 3.8) is 0 Å². The van der Waals surface area contributed by atoms with Gasteiger partial charge in [-0.05, 0) is 24.1 Å². The second kappa shape index (κ2) is 5.83. The number of amides is 1. The zero-order chi connectivity index (χ0) is 15.7. The van der Waals surface area contributed by atoms with Gasteiger partial charge in [0.15, 0.2) is 0 Å². The van der Waals surface area contributed by atoms with E-state index in [1.165, 1.54) is 0 Å². The summed E-state index contributed by atoms with van der Waals surface area (Å²) < 4.78 is 0. The molecule has 3 rings (SSSR count). The van der Waals surface area contributed by atoms with Gasteiger partial charge in [0.1, 0.15) is 5.78 Å². The van der Waals surface area contributed by atoms with Crippen LogP contribution in [0.15, 0.2) is 34.4 Å². The highest BCUT2D eigenvalue weighted by Crippen LogP contribution is 2.24. The number of hydrazone groups is 1. The lowest BCUT2D eigenvalue weighted by Gasteiger charge is -2.19. The standard InChI is InChI=1S/C17H19N3O2/c1-10-9-16(22)19-20-17(10)12-3-5-13(6-4-12)18-14-7-8-15(21)11(14)2/h3-6,10-11H,7-9H2,1-2H3,(H,19,22). The van der Waals surface area contributed by atoms with E-state index in [1.54, 1.807) is 0 Å². The van der Waals surface area contributed by atoms with E-state index >= 15 is 0 Å². The highest BCUT2D eigenvalue weighted by molar-refractivity contribution is 6.11. The Morgan fingerprint density at radius 2 is 1.86 bits per heavy atom. The van der Waals surface area contributed by atoms with Gasteiger partial charge in [-0.1, -0.05) is 26.0 Å². The van der Waals surface area contributed by atoms with Gasteiger partial charge in [-0.3, -0.25) is 14.6 Å². The van der Waals surface area contributed by atoms with Crippen LogP contribution in [0.25, 0.3) is 0 Å². The molecule has 0 radical (unpaired) electrons. The summed E-state index contributed by atoms with van der Waals surface area (Å²) in [6, 6.07) is 7.80. The van der Waals surface area contributed by atoms with E-state index in [1.807, 2.05) is 38.1 Å². The fourth-order valence-corrected chi connectivity index (χ4v) is 2.90. The van der Waals surface area contributed by atoms with Gasteiger partial charge in [0.05, 0.1) is 17.3 Å². The van der Waals surface area contributed by atoms with Crippen molar-refractivity contribution >= 4 is 28.8 Å². The first kappa shape index (κ1) is 14.6. The number of ketones is 1. The first-order valence-corrected chi connectivity index (χ1v) is 7.61. The topological polar surface area (TPSA) is 70.9 Å². The number of nitrogens with one attached hydrogen (secondary N) is 1. The zero-order valence-corrected chi connectivity index (χ0v) is 12.8. The number of hydrogen-bond donors (Lipinski definition) is 1. The van der Waals surface area contributed by atoms with Gasteiger partial charge in [-0.15, -0.1) is 0 Å². The molecule has 1 N–H and O–H groups in total. The largest absolute Gasteiger partial charge is 0.299 e. The molecule has 1 saturated carbocycles. The molecule has 1 aromatic rings. The predicted octanol–water partition coefficient (Wildman–Crippen LogP) is 2.62. The van der Waals surface area contributed by atoms with Crippen LogP contribution in [0.5, 0.6) is 0 Å². The van der Waals surface area contributed by atoms with E-state index in [-0.39, 0.29) is 23.5 Å². The third kappa shape index (κ3) is 2.84. The van der Waals surface area contributed by atoms with Crippen LogP contribution in [0.2, 0.25) is 0 Å². The minimum absolute atomic E-state index is 0.0424. The fourth-order valence-electron chi connectivity index (χ4n) is 2.90. The molecule has 1 amide bonds. The third-order valence-corrected chi connectivity index (χ3v) is 4.31. The maximum absolute atomic E-state index is 11.6. The number of Topliss-reactive ketones (excluding diaryl/α,β-unsaturated/α-hetero) is 1. The van der Waals surface area contributed by atoms with Crippen molar-refractivity contribution in [1.29, 1.82) is 0 Å². The van der Waals surface area contributed by atoms with Gasteiger partial charge in [0, 0.05) is 24.5 Å². The summed E-state index contributed by atoms with van der Waals surface area (Å²) in [5.74, 6) is 0.284. The summed E-state index contributed by atoms with van der Waals surface area (Å²) >= 11 is 0. The molecule has 1 aliphatic carbocycles. The van der Waals surface area contributed by atoms with E-state index in [2.05, 4.69) is 15.5 Å². The van der Waals surface area contributed by atoms with Crippen LogP contribution in [-0.4, -0.2) is 23.1 Å². The summed E-state index contributed by atoms with van der Waals surface area (Å²) in [6.07, 6.45) is 1.83. The molecule has 1 aliphatic heterocycles. The molecule has 22 heavy (non-hydrogen) atoms. The number of carbonyl (C=O) groups is 2. The number of aliphatic imine (C=N–C) groups is 1. The number of hydrogen-bond acceptors (Lipinski definition) is 4. The first-order chi connectivity index (χ1) is 10.5. The maximum atomic E-state index is 11.6. The number of rotatable bonds is 2. The molecule has 0 bridgehead atoms. The SMILES string of the molecule is CC1CC(=O)NN=C1c1ccc(N=C2CCC(=O)C2C)cc1. The Labute approximate surface area is 129 Å². The highest BCUT2D eigenvalue weighted by atomic mass is 16.2. The van der Waals surface area contributed by atoms with Crippen LogP contribution in [0.1, 0.15) is 38.7 Å². The van der Waals surface area contributed by atoms with Crippen LogP contribution in [0, 0.1) is 11.8 Å². The Morgan fingerprint density at radius 1 is 1.14 bits per heavy atom. The Balaban J connectivity index is 1.80. The molecule has 2 aliphatic rings. The second-order valence-corrected chi connectivity index (χ2v) is 5.98. The molecule has 1 heterocycles. The summed E-state index contributed by atoms with van der Waals surface area (Å²) in [7, 11) is 0. The lowest BCUT2D eigenvalue weighted by molar-refractivity contribution is -0.122. The van der Waals surface area contributed by atoms with Crippen molar-refractivity contribution in [2.24, 2.45) is 21.9 Å². The maximum Gasteiger partial charge on any atom is 0.240 e. The van der Waals surface area contributed by atoms with E-state index in [0.717, 1.165) is 29.1 Å². The average Bonchev–Trinajstić information content (AvgIpc) is 2.80. The third-order valence-electron chi connectivity index (χ3n) is 4.31. The quantitative estimate of drug-likeness (QED) is 0.911. The van der Waals surface area contributed by atoms with Crippen molar-refractivity contribution in [2.75, 3.05) is 0 Å². The molecule has 0 saturated heterocycles. The van der Waals surface area contributed by atoms with Crippen LogP contribution in [0.4, 0.5) is 5.69 Å². The van der Waals surface area contributed by atoms with Crippen molar-refractivity contribution in [3.05, 3.63) is 29.8 Å². The minimum Gasteiger partial charge on any atom is -0.299 e. The van der Waals surface area contributed by atoms with Crippen LogP contribution >= 0.6 is 0 Å². The normalized spacial score (nSPS) is 27.0. The fraction of sp³-hybridized carbons (Fsp3) is 0.412. The molecule has 0 aromatic heterocycles. The molecule has 5 nitrogen and oxygen atoms in total. The van der Waals surface area contributed by atoms with Crippen LogP contribution in [0.3, 0.4) is 0 Å². The van der Waals surface area contributed by atoms with Crippen LogP contribution < -0.4 is 5.43 Å². The number of carbonyl (C=O) groups excluding carboxylic acids is 2. The number of benzene rings is 1. The van der Waals surface area contributed by atoms with E-state index in [9.17, 15) is 9.59 Å². The summed E-state index contributed by atoms with van der Waals surface area (Å²) in [5, 5.41) is 4.15. The van der Waals surface area contributed by atoms with Crippen LogP contribution in [-0.2, 0) is 9.59 Å². The van der Waals surface area contributed by atoms with E-state index in [0.29, 0.717) is 12.8 Å². The predicted molar refractivity (Wildman–Crippen MR) is 85.4 cm³/mol. The van der Waals surface area contributed by atoms with Crippen molar-refractivity contribution in [1.82, 2.24) is 5.43 Å². The summed E-state index contributed by atoms with van der Waals surface area (Å²) in [6.45, 7) is 3.92. The monoisotopic (exact) mass is 297 g/mol. The minimum atomic E-state index is -0.0577. The molecular weight excluding hydrogens is 278 g/mol. The first-order valence-electron chi connectivity index (χ1n) is 7.61. The van der Waals surface area contributed by atoms with Crippen molar-refractivity contribution < 1.29 is 9.59 Å². The van der Waals surface area contributed by atoms with Gasteiger partial charge >= 0.3 is 0 Å². The molecule has 5 heteroatoms. The van der Waals surface area contributed by atoms with Gasteiger partial charge in [0.2, 0.25) is 5.91 Å². The Bertz CT molecular complexity index is 674. The second-order valence-electron chi connectivity index (χ2n) is 5.98. The van der Waals surface area contributed by atoms with Gasteiger partial charge < -0.3 is 0 Å². The Hall–Kier alpha value is -2.30. The van der Waals surface area contributed by atoms with Crippen molar-refractivity contribution in [3.8, 4) is 0 Å². The summed E-state index contributed by atoms with van der Waals surface area (Å²) in [5.41, 5.74) is 6.23. The van der Waals surface area contributed by atoms with E-state index < -0.39 is 0 Å². The lowest BCUT2D eigenvalue weighted by atomic mass is 9.94. The Kier molecular flexibility index (Phi) is 3.88. The van der Waals surface area contributed by atoms with Crippen molar-refractivity contribution in [2.45, 2.75) is 33.1 Å². The zero-order valence-electron chi connectivity index (χ0n) is 12.8. The number of nitrogens with zero attached hydrogens (tertiary/aromatic N) is 2. The summed E-state index contributed by atoms with van der Waals surface area (Å²) in [4.78, 5) is 27.5. The molecular formula is C17H19N3O2. The van der Waals surface area contributed by atoms with Gasteiger partial charge in [0.25, 0.3) is 0 Å². The smallest absolute Gasteiger partial charge is 0.240 e. The van der Waals surface area contributed by atoms with Gasteiger partial charge in [-0.2, -0.15) is 5.10 Å². The molecule has 2 atom stereocenters. The van der Waals surface area contributed by atoms with Gasteiger partial charge in [-0.25, -0.2) is 5.43 Å².